The molecule has 1 unspecified atom stereocenters. The Hall–Kier alpha value is -3.12. The summed E-state index contributed by atoms with van der Waals surface area (Å²) in [6, 6.07) is 20.1. The van der Waals surface area contributed by atoms with E-state index in [2.05, 4.69) is 103 Å². The Morgan fingerprint density at radius 3 is 2.26 bits per heavy atom. The fraction of sp³-hybridized carbons (Fsp3) is 0.226. The zero-order valence-electron chi connectivity index (χ0n) is 18.1. The molecule has 0 heteroatoms. The standard InChI is InChI=1S/C31H30/c1-3-9-24(10-4-1)11-7-12-25-17-19-26(20-18-25)23-28-21-22-30(27-13-5-2-6-14-27)31-16-8-15-29(28)31/h1,3-5,8-10,13-22,31H,2,6-7,11-12,23H2. The third-order valence-electron chi connectivity index (χ3n) is 6.60. The summed E-state index contributed by atoms with van der Waals surface area (Å²) in [5, 5.41) is 0. The van der Waals surface area contributed by atoms with Crippen LogP contribution in [0.1, 0.15) is 36.0 Å². The van der Waals surface area contributed by atoms with Crippen LogP contribution >= 0.6 is 0 Å². The van der Waals surface area contributed by atoms with E-state index in [1.54, 1.807) is 0 Å². The molecule has 0 aromatic heterocycles. The molecule has 2 aromatic rings. The van der Waals surface area contributed by atoms with Crippen molar-refractivity contribution in [2.75, 3.05) is 0 Å². The Balaban J connectivity index is 1.23. The van der Waals surface area contributed by atoms with E-state index in [0.29, 0.717) is 5.92 Å². The topological polar surface area (TPSA) is 0 Å². The molecule has 0 saturated heterocycles. The molecule has 0 amide bonds. The molecule has 0 fully saturated rings. The number of allylic oxidation sites excluding steroid dienone is 12. The van der Waals surface area contributed by atoms with Crippen LogP contribution in [0.2, 0.25) is 0 Å². The summed E-state index contributed by atoms with van der Waals surface area (Å²) < 4.78 is 0. The summed E-state index contributed by atoms with van der Waals surface area (Å²) in [5.74, 6) is 0.422. The summed E-state index contributed by atoms with van der Waals surface area (Å²) in [6.07, 6.45) is 25.4. The normalized spacial score (nSPS) is 19.4. The smallest absolute Gasteiger partial charge is 0.0281 e. The molecule has 0 spiro atoms. The number of hydrogen-bond acceptors (Lipinski definition) is 0. The molecular weight excluding hydrogens is 372 g/mol. The zero-order chi connectivity index (χ0) is 20.9. The van der Waals surface area contributed by atoms with Gasteiger partial charge in [-0.3, -0.25) is 0 Å². The van der Waals surface area contributed by atoms with Crippen molar-refractivity contribution < 1.29 is 0 Å². The lowest BCUT2D eigenvalue weighted by Gasteiger charge is -2.26. The van der Waals surface area contributed by atoms with Crippen molar-refractivity contribution in [1.29, 1.82) is 0 Å². The van der Waals surface area contributed by atoms with Crippen molar-refractivity contribution in [2.24, 2.45) is 5.92 Å². The van der Waals surface area contributed by atoms with Crippen LogP contribution in [0.25, 0.3) is 0 Å². The summed E-state index contributed by atoms with van der Waals surface area (Å²) in [4.78, 5) is 0. The van der Waals surface area contributed by atoms with E-state index in [1.807, 2.05) is 0 Å². The third-order valence-corrected chi connectivity index (χ3v) is 6.60. The van der Waals surface area contributed by atoms with Gasteiger partial charge in [0.25, 0.3) is 0 Å². The lowest BCUT2D eigenvalue weighted by atomic mass is 9.78. The van der Waals surface area contributed by atoms with Crippen molar-refractivity contribution in [3.05, 3.63) is 142 Å². The van der Waals surface area contributed by atoms with Crippen LogP contribution in [0, 0.1) is 5.92 Å². The van der Waals surface area contributed by atoms with Gasteiger partial charge in [-0.1, -0.05) is 103 Å². The minimum atomic E-state index is 0.422. The molecule has 0 radical (unpaired) electrons. The van der Waals surface area contributed by atoms with Gasteiger partial charge in [0, 0.05) is 5.92 Å². The monoisotopic (exact) mass is 402 g/mol. The highest BCUT2D eigenvalue weighted by Crippen LogP contribution is 2.40. The first kappa shape index (κ1) is 19.8. The molecular formula is C31H30. The second kappa shape index (κ2) is 9.35. The fourth-order valence-electron chi connectivity index (χ4n) is 4.90. The first-order valence-corrected chi connectivity index (χ1v) is 11.7. The predicted molar refractivity (Wildman–Crippen MR) is 132 cm³/mol. The number of aryl methyl sites for hydroxylation is 2. The van der Waals surface area contributed by atoms with Gasteiger partial charge in [0.1, 0.15) is 0 Å². The van der Waals surface area contributed by atoms with Crippen LogP contribution in [0.4, 0.5) is 0 Å². The van der Waals surface area contributed by atoms with Crippen LogP contribution in [0.15, 0.2) is 125 Å². The maximum Gasteiger partial charge on any atom is 0.0281 e. The predicted octanol–water partition coefficient (Wildman–Crippen LogP) is 7.66. The molecule has 0 N–H and O–H groups in total. The van der Waals surface area contributed by atoms with Crippen LogP contribution in [0.3, 0.4) is 0 Å². The molecule has 3 aliphatic carbocycles. The molecule has 1 atom stereocenters. The highest BCUT2D eigenvalue weighted by Gasteiger charge is 2.26. The van der Waals surface area contributed by atoms with E-state index in [4.69, 9.17) is 0 Å². The SMILES string of the molecule is C1=CC2C(C3=CCCC=C3)=CC=C(Cc3ccc(CCCc4ccccc4)cc3)C2=C1. The quantitative estimate of drug-likeness (QED) is 0.446. The van der Waals surface area contributed by atoms with Gasteiger partial charge in [-0.2, -0.15) is 0 Å². The van der Waals surface area contributed by atoms with Crippen molar-refractivity contribution in [3.63, 3.8) is 0 Å². The van der Waals surface area contributed by atoms with Gasteiger partial charge in [0.05, 0.1) is 0 Å². The molecule has 0 aliphatic heterocycles. The van der Waals surface area contributed by atoms with E-state index >= 15 is 0 Å². The van der Waals surface area contributed by atoms with Gasteiger partial charge in [-0.15, -0.1) is 0 Å². The highest BCUT2D eigenvalue weighted by molar-refractivity contribution is 5.60. The van der Waals surface area contributed by atoms with Gasteiger partial charge in [-0.05, 0) is 77.5 Å². The Morgan fingerprint density at radius 2 is 1.48 bits per heavy atom. The average Bonchev–Trinajstić information content (AvgIpc) is 3.32. The van der Waals surface area contributed by atoms with E-state index < -0.39 is 0 Å². The lowest BCUT2D eigenvalue weighted by molar-refractivity contribution is 0.820. The molecule has 0 heterocycles. The van der Waals surface area contributed by atoms with Crippen molar-refractivity contribution >= 4 is 0 Å². The van der Waals surface area contributed by atoms with Crippen LogP contribution in [0.5, 0.6) is 0 Å². The van der Waals surface area contributed by atoms with Crippen molar-refractivity contribution in [3.8, 4) is 0 Å². The zero-order valence-corrected chi connectivity index (χ0v) is 18.1. The van der Waals surface area contributed by atoms with Gasteiger partial charge in [0.15, 0.2) is 0 Å². The fourth-order valence-corrected chi connectivity index (χ4v) is 4.90. The number of rotatable bonds is 7. The van der Waals surface area contributed by atoms with Gasteiger partial charge >= 0.3 is 0 Å². The summed E-state index contributed by atoms with van der Waals surface area (Å²) in [7, 11) is 0. The molecule has 31 heavy (non-hydrogen) atoms. The van der Waals surface area contributed by atoms with Crippen molar-refractivity contribution in [1.82, 2.24) is 0 Å². The molecule has 0 saturated carbocycles. The van der Waals surface area contributed by atoms with E-state index in [0.717, 1.165) is 25.7 Å². The van der Waals surface area contributed by atoms with E-state index in [1.165, 1.54) is 51.8 Å². The van der Waals surface area contributed by atoms with E-state index in [9.17, 15) is 0 Å². The second-order valence-corrected chi connectivity index (χ2v) is 8.77. The second-order valence-electron chi connectivity index (χ2n) is 8.77. The molecule has 0 bridgehead atoms. The number of benzene rings is 2. The number of fused-ring (bicyclic) bond motifs is 1. The molecule has 154 valence electrons. The average molecular weight is 403 g/mol. The first-order valence-electron chi connectivity index (χ1n) is 11.7. The minimum absolute atomic E-state index is 0.422. The van der Waals surface area contributed by atoms with Crippen molar-refractivity contribution in [2.45, 2.75) is 38.5 Å². The van der Waals surface area contributed by atoms with Crippen LogP contribution in [-0.4, -0.2) is 0 Å². The first-order chi connectivity index (χ1) is 15.4. The maximum absolute atomic E-state index is 2.39. The lowest BCUT2D eigenvalue weighted by Crippen LogP contribution is -2.12. The van der Waals surface area contributed by atoms with Gasteiger partial charge in [-0.25, -0.2) is 0 Å². The Labute approximate surface area is 186 Å². The number of hydrogen-bond donors (Lipinski definition) is 0. The summed E-state index contributed by atoms with van der Waals surface area (Å²) in [5.41, 5.74) is 10.1. The van der Waals surface area contributed by atoms with Crippen LogP contribution < -0.4 is 0 Å². The van der Waals surface area contributed by atoms with Crippen LogP contribution in [-0.2, 0) is 19.3 Å². The minimum Gasteiger partial charge on any atom is -0.0836 e. The van der Waals surface area contributed by atoms with E-state index in [-0.39, 0.29) is 0 Å². The van der Waals surface area contributed by atoms with Gasteiger partial charge < -0.3 is 0 Å². The summed E-state index contributed by atoms with van der Waals surface area (Å²) >= 11 is 0. The Bertz CT molecular complexity index is 1100. The Morgan fingerprint density at radius 1 is 0.710 bits per heavy atom. The molecule has 3 aliphatic rings. The highest BCUT2D eigenvalue weighted by atomic mass is 14.3. The van der Waals surface area contributed by atoms with Gasteiger partial charge in [0.2, 0.25) is 0 Å². The molecule has 0 nitrogen and oxygen atoms in total. The molecule has 2 aromatic carbocycles. The maximum atomic E-state index is 2.39. The Kier molecular flexibility index (Phi) is 5.98. The summed E-state index contributed by atoms with van der Waals surface area (Å²) in [6.45, 7) is 0. The largest absolute Gasteiger partial charge is 0.0836 e. The third kappa shape index (κ3) is 4.64. The molecule has 5 rings (SSSR count).